The molecular weight excluding hydrogens is 542 g/mol. The van der Waals surface area contributed by atoms with Gasteiger partial charge < -0.3 is 16.0 Å². The van der Waals surface area contributed by atoms with Crippen molar-refractivity contribution in [1.82, 2.24) is 28.8 Å². The first-order valence-corrected chi connectivity index (χ1v) is 14.3. The lowest BCUT2D eigenvalue weighted by Gasteiger charge is -2.35. The van der Waals surface area contributed by atoms with Crippen molar-refractivity contribution >= 4 is 51.1 Å². The second kappa shape index (κ2) is 10.5. The molecule has 1 aliphatic heterocycles. The molecule has 1 fully saturated rings. The van der Waals surface area contributed by atoms with Gasteiger partial charge >= 0.3 is 0 Å². The Morgan fingerprint density at radius 3 is 2.35 bits per heavy atom. The minimum absolute atomic E-state index is 0.220. The third-order valence-corrected chi connectivity index (χ3v) is 8.06. The average Bonchev–Trinajstić information content (AvgIpc) is 3.39. The van der Waals surface area contributed by atoms with Crippen molar-refractivity contribution < 1.29 is 4.79 Å². The van der Waals surface area contributed by atoms with Gasteiger partial charge in [-0.1, -0.05) is 30.3 Å². The van der Waals surface area contributed by atoms with E-state index in [1.807, 2.05) is 72.8 Å². The second-order valence-corrected chi connectivity index (χ2v) is 10.9. The predicted octanol–water partition coefficient (Wildman–Crippen LogP) is 3.55. The quantitative estimate of drug-likeness (QED) is 0.310. The Morgan fingerprint density at radius 1 is 0.907 bits per heavy atom. The summed E-state index contributed by atoms with van der Waals surface area (Å²) in [5.74, 6) is 0.582. The van der Waals surface area contributed by atoms with Crippen LogP contribution in [0.2, 0.25) is 0 Å². The number of imidazole rings is 1. The highest BCUT2D eigenvalue weighted by Gasteiger charge is 2.21. The van der Waals surface area contributed by atoms with Crippen molar-refractivity contribution in [2.45, 2.75) is 13.8 Å². The summed E-state index contributed by atoms with van der Waals surface area (Å²) in [7, 11) is 0. The van der Waals surface area contributed by atoms with E-state index in [1.54, 1.807) is 10.8 Å². The topological polar surface area (TPSA) is 127 Å². The standard InChI is InChI=1S/C32H31N9O2/c1-20-6-5-7-21(2)28(20)41-30(43)24-18-34-31(37-29(24)40-26-9-4-3-8-25(26)36-32(40)41)35-22-10-12-23(13-11-22)39-16-14-38(15-17-39)19-27(33)42/h3-13,18H,14-17,19H2,1-2H3,(H2,33,42)(H,34,35,37). The lowest BCUT2D eigenvalue weighted by molar-refractivity contribution is -0.119. The summed E-state index contributed by atoms with van der Waals surface area (Å²) in [6.07, 6.45) is 1.59. The van der Waals surface area contributed by atoms with Gasteiger partial charge in [-0.15, -0.1) is 0 Å². The largest absolute Gasteiger partial charge is 0.369 e. The number of rotatable bonds is 6. The van der Waals surface area contributed by atoms with Crippen molar-refractivity contribution in [3.05, 3.63) is 94.4 Å². The minimum atomic E-state index is -0.297. The molecule has 1 aliphatic rings. The van der Waals surface area contributed by atoms with Crippen LogP contribution in [0.4, 0.5) is 17.3 Å². The van der Waals surface area contributed by atoms with Gasteiger partial charge in [0.25, 0.3) is 5.56 Å². The maximum Gasteiger partial charge on any atom is 0.270 e. The highest BCUT2D eigenvalue weighted by Crippen LogP contribution is 2.27. The molecule has 0 bridgehead atoms. The molecular formula is C32H31N9O2. The van der Waals surface area contributed by atoms with Gasteiger partial charge in [-0.2, -0.15) is 4.98 Å². The fourth-order valence-corrected chi connectivity index (χ4v) is 5.97. The Kier molecular flexibility index (Phi) is 6.51. The molecule has 0 atom stereocenters. The fourth-order valence-electron chi connectivity index (χ4n) is 5.97. The molecule has 3 aromatic carbocycles. The molecule has 0 radical (unpaired) electrons. The van der Waals surface area contributed by atoms with E-state index in [9.17, 15) is 9.59 Å². The van der Waals surface area contributed by atoms with E-state index in [1.165, 1.54) is 0 Å². The van der Waals surface area contributed by atoms with Gasteiger partial charge in [0, 0.05) is 43.8 Å². The third-order valence-electron chi connectivity index (χ3n) is 8.06. The molecule has 4 heterocycles. The summed E-state index contributed by atoms with van der Waals surface area (Å²) in [5, 5.41) is 3.70. The first kappa shape index (κ1) is 26.6. The molecule has 0 spiro atoms. The minimum Gasteiger partial charge on any atom is -0.369 e. The van der Waals surface area contributed by atoms with Crippen LogP contribution in [-0.4, -0.2) is 67.5 Å². The second-order valence-electron chi connectivity index (χ2n) is 10.9. The first-order valence-electron chi connectivity index (χ1n) is 14.3. The molecule has 216 valence electrons. The van der Waals surface area contributed by atoms with Crippen LogP contribution >= 0.6 is 0 Å². The van der Waals surface area contributed by atoms with Crippen molar-refractivity contribution in [3.63, 3.8) is 0 Å². The van der Waals surface area contributed by atoms with E-state index >= 15 is 0 Å². The molecule has 7 rings (SSSR count). The molecule has 3 N–H and O–H groups in total. The number of nitrogens with zero attached hydrogens (tertiary/aromatic N) is 7. The summed E-state index contributed by atoms with van der Waals surface area (Å²) in [6.45, 7) is 7.51. The molecule has 0 aliphatic carbocycles. The van der Waals surface area contributed by atoms with Crippen molar-refractivity contribution in [3.8, 4) is 5.69 Å². The van der Waals surface area contributed by atoms with Crippen molar-refractivity contribution in [2.24, 2.45) is 5.73 Å². The number of para-hydroxylation sites is 3. The van der Waals surface area contributed by atoms with Crippen molar-refractivity contribution in [1.29, 1.82) is 0 Å². The van der Waals surface area contributed by atoms with Crippen LogP contribution in [0.1, 0.15) is 11.1 Å². The van der Waals surface area contributed by atoms with Gasteiger partial charge in [0.15, 0.2) is 5.65 Å². The molecule has 0 saturated carbocycles. The number of aromatic nitrogens is 5. The molecule has 3 aromatic heterocycles. The summed E-state index contributed by atoms with van der Waals surface area (Å²) < 4.78 is 3.61. The number of amides is 1. The van der Waals surface area contributed by atoms with Crippen LogP contribution in [0, 0.1) is 13.8 Å². The van der Waals surface area contributed by atoms with Crippen LogP contribution in [-0.2, 0) is 4.79 Å². The number of piperazine rings is 1. The van der Waals surface area contributed by atoms with Gasteiger partial charge in [-0.05, 0) is 61.4 Å². The van der Waals surface area contributed by atoms with E-state index in [2.05, 4.69) is 32.2 Å². The zero-order valence-corrected chi connectivity index (χ0v) is 24.0. The lowest BCUT2D eigenvalue weighted by Crippen LogP contribution is -2.48. The predicted molar refractivity (Wildman–Crippen MR) is 168 cm³/mol. The normalized spacial score (nSPS) is 14.1. The number of aryl methyl sites for hydroxylation is 2. The Morgan fingerprint density at radius 2 is 1.63 bits per heavy atom. The highest BCUT2D eigenvalue weighted by atomic mass is 16.1. The molecule has 0 unspecified atom stereocenters. The van der Waals surface area contributed by atoms with Crippen LogP contribution in [0.25, 0.3) is 33.5 Å². The first-order chi connectivity index (χ1) is 20.9. The summed E-state index contributed by atoms with van der Waals surface area (Å²) in [6, 6.07) is 21.9. The molecule has 6 aromatic rings. The highest BCUT2D eigenvalue weighted by molar-refractivity contribution is 5.88. The number of hydrogen-bond donors (Lipinski definition) is 2. The number of benzene rings is 3. The summed E-state index contributed by atoms with van der Waals surface area (Å²) in [4.78, 5) is 43.9. The zero-order valence-electron chi connectivity index (χ0n) is 24.0. The Bertz CT molecular complexity index is 2050. The number of primary amides is 1. The number of nitrogens with one attached hydrogen (secondary N) is 1. The summed E-state index contributed by atoms with van der Waals surface area (Å²) in [5.41, 5.74) is 11.9. The van der Waals surface area contributed by atoms with E-state index in [0.717, 1.165) is 65.4 Å². The number of anilines is 3. The van der Waals surface area contributed by atoms with E-state index in [4.69, 9.17) is 15.7 Å². The Balaban J connectivity index is 1.26. The fraction of sp³-hybridized carbons (Fsp3) is 0.219. The molecule has 11 nitrogen and oxygen atoms in total. The Labute approximate surface area is 247 Å². The number of hydrogen-bond acceptors (Lipinski definition) is 8. The van der Waals surface area contributed by atoms with E-state index in [0.29, 0.717) is 29.3 Å². The molecule has 43 heavy (non-hydrogen) atoms. The zero-order chi connectivity index (χ0) is 29.7. The number of carbonyl (C=O) groups excluding carboxylic acids is 1. The lowest BCUT2D eigenvalue weighted by atomic mass is 10.1. The van der Waals surface area contributed by atoms with Crippen LogP contribution in [0.15, 0.2) is 77.7 Å². The molecule has 1 amide bonds. The number of carbonyl (C=O) groups is 1. The third kappa shape index (κ3) is 4.73. The smallest absolute Gasteiger partial charge is 0.270 e. The van der Waals surface area contributed by atoms with Crippen LogP contribution < -0.4 is 21.5 Å². The van der Waals surface area contributed by atoms with Gasteiger partial charge in [-0.25, -0.2) is 14.5 Å². The van der Waals surface area contributed by atoms with Crippen LogP contribution in [0.3, 0.4) is 0 Å². The molecule has 1 saturated heterocycles. The van der Waals surface area contributed by atoms with Gasteiger partial charge in [-0.3, -0.25) is 18.9 Å². The van der Waals surface area contributed by atoms with Crippen molar-refractivity contribution in [2.75, 3.05) is 42.9 Å². The maximum atomic E-state index is 14.0. The summed E-state index contributed by atoms with van der Waals surface area (Å²) >= 11 is 0. The number of nitrogens with two attached hydrogens (primary N) is 1. The monoisotopic (exact) mass is 573 g/mol. The van der Waals surface area contributed by atoms with Gasteiger partial charge in [0.2, 0.25) is 17.6 Å². The maximum absolute atomic E-state index is 14.0. The van der Waals surface area contributed by atoms with Crippen LogP contribution in [0.5, 0.6) is 0 Å². The van der Waals surface area contributed by atoms with Gasteiger partial charge in [0.1, 0.15) is 5.39 Å². The SMILES string of the molecule is Cc1cccc(C)c1-n1c(=O)c2cnc(Nc3ccc(N4CCN(CC(N)=O)CC4)cc3)nc2n2c3ccccc3nc12. The van der Waals surface area contributed by atoms with E-state index < -0.39 is 0 Å². The molecule has 11 heteroatoms. The average molecular weight is 574 g/mol. The van der Waals surface area contributed by atoms with Gasteiger partial charge in [0.05, 0.1) is 23.3 Å². The van der Waals surface area contributed by atoms with E-state index in [-0.39, 0.29) is 11.5 Å². The number of fused-ring (bicyclic) bond motifs is 5. The Hall–Kier alpha value is -5.29.